The summed E-state index contributed by atoms with van der Waals surface area (Å²) in [5.41, 5.74) is -0.586. The maximum atomic E-state index is 11.0. The number of hydrogen-bond acceptors (Lipinski definition) is 2. The molecule has 4 aliphatic carbocycles. The molecular weight excluding hydrogens is 356 g/mol. The highest BCUT2D eigenvalue weighted by atomic mass is 16.3. The summed E-state index contributed by atoms with van der Waals surface area (Å²) >= 11 is 0. The van der Waals surface area contributed by atoms with Crippen molar-refractivity contribution in [2.24, 2.45) is 46.3 Å². The zero-order chi connectivity index (χ0) is 25.5. The van der Waals surface area contributed by atoms with Crippen LogP contribution >= 0.6 is 0 Å². The Hall–Kier alpha value is -0.340. The van der Waals surface area contributed by atoms with Crippen LogP contribution in [0.15, 0.2) is 11.6 Å². The fraction of sp³-hybridized carbons (Fsp3) is 0.926. The molecule has 2 nitrogen and oxygen atoms in total. The van der Waals surface area contributed by atoms with Gasteiger partial charge in [0.2, 0.25) is 0 Å². The molecule has 9 atom stereocenters. The summed E-state index contributed by atoms with van der Waals surface area (Å²) in [4.78, 5) is 0. The monoisotopic (exact) mass is 407 g/mol. The van der Waals surface area contributed by atoms with E-state index in [4.69, 9.17) is 6.85 Å². The summed E-state index contributed by atoms with van der Waals surface area (Å²) in [7, 11) is 0. The quantitative estimate of drug-likeness (QED) is 0.521. The van der Waals surface area contributed by atoms with Crippen molar-refractivity contribution in [2.75, 3.05) is 0 Å². The third kappa shape index (κ3) is 3.55. The van der Waals surface area contributed by atoms with Crippen molar-refractivity contribution < 1.29 is 17.1 Å². The van der Waals surface area contributed by atoms with Crippen LogP contribution in [0.2, 0.25) is 0 Å². The van der Waals surface area contributed by atoms with Gasteiger partial charge in [-0.1, -0.05) is 59.9 Å². The lowest BCUT2D eigenvalue weighted by molar-refractivity contribution is -0.0801. The number of hydrogen-bond donors (Lipinski definition) is 2. The SMILES string of the molecule is [2H]C1=C2[C@](C)(CC([2H])([2H])[C@]([2H])(O)[C@]2([2H])O)[C@H]2CC[C@]3(C)[C@@H]([C@H](C)CCCC(C)C)CC[C@H]3[C@@H]2C1. The lowest BCUT2D eigenvalue weighted by Gasteiger charge is -2.59. The van der Waals surface area contributed by atoms with Crippen LogP contribution in [0.4, 0.5) is 0 Å². The van der Waals surface area contributed by atoms with Crippen LogP contribution in [0.3, 0.4) is 0 Å². The molecule has 0 radical (unpaired) electrons. The van der Waals surface area contributed by atoms with E-state index in [2.05, 4.69) is 27.7 Å². The van der Waals surface area contributed by atoms with Crippen molar-refractivity contribution in [1.82, 2.24) is 0 Å². The van der Waals surface area contributed by atoms with Crippen LogP contribution in [0.25, 0.3) is 0 Å². The van der Waals surface area contributed by atoms with Gasteiger partial charge >= 0.3 is 0 Å². The fourth-order valence-electron chi connectivity index (χ4n) is 8.04. The van der Waals surface area contributed by atoms with E-state index in [1.807, 2.05) is 6.92 Å². The van der Waals surface area contributed by atoms with Gasteiger partial charge in [0.1, 0.15) is 6.08 Å². The first kappa shape index (κ1) is 16.3. The van der Waals surface area contributed by atoms with Crippen LogP contribution in [0, 0.1) is 46.3 Å². The molecule has 0 unspecified atom stereocenters. The highest BCUT2D eigenvalue weighted by Crippen LogP contribution is 2.67. The summed E-state index contributed by atoms with van der Waals surface area (Å²) in [5.74, 6) is 2.84. The molecule has 0 heterocycles. The molecule has 0 aromatic rings. The molecule has 0 aromatic heterocycles. The van der Waals surface area contributed by atoms with E-state index in [0.29, 0.717) is 24.2 Å². The van der Waals surface area contributed by atoms with Gasteiger partial charge in [0.05, 0.1) is 10.2 Å². The van der Waals surface area contributed by atoms with E-state index in [-0.39, 0.29) is 35.3 Å². The fourth-order valence-corrected chi connectivity index (χ4v) is 8.04. The Morgan fingerprint density at radius 3 is 2.62 bits per heavy atom. The summed E-state index contributed by atoms with van der Waals surface area (Å²) in [6.07, 6.45) is 0.181. The van der Waals surface area contributed by atoms with E-state index in [1.165, 1.54) is 25.7 Å². The van der Waals surface area contributed by atoms with Gasteiger partial charge in [0.25, 0.3) is 0 Å². The lowest BCUT2D eigenvalue weighted by atomic mass is 9.46. The van der Waals surface area contributed by atoms with Gasteiger partial charge in [-0.25, -0.2) is 0 Å². The first-order valence-corrected chi connectivity index (χ1v) is 12.2. The van der Waals surface area contributed by atoms with Crippen molar-refractivity contribution >= 4 is 0 Å². The Kier molecular flexibility index (Phi) is 4.48. The van der Waals surface area contributed by atoms with E-state index in [0.717, 1.165) is 25.2 Å². The molecule has 0 bridgehead atoms. The summed E-state index contributed by atoms with van der Waals surface area (Å²) in [6.45, 7) is 11.3. The van der Waals surface area contributed by atoms with Gasteiger partial charge in [0, 0.05) is 2.74 Å². The predicted octanol–water partition coefficient (Wildman–Crippen LogP) is 6.36. The Morgan fingerprint density at radius 2 is 1.90 bits per heavy atom. The van der Waals surface area contributed by atoms with Crippen molar-refractivity contribution in [3.05, 3.63) is 11.6 Å². The number of rotatable bonds is 5. The third-order valence-corrected chi connectivity index (χ3v) is 9.63. The van der Waals surface area contributed by atoms with Crippen molar-refractivity contribution in [3.63, 3.8) is 0 Å². The first-order chi connectivity index (χ1) is 15.5. The Balaban J connectivity index is 1.65. The predicted molar refractivity (Wildman–Crippen MR) is 120 cm³/mol. The topological polar surface area (TPSA) is 40.5 Å². The van der Waals surface area contributed by atoms with Crippen molar-refractivity contribution in [1.29, 1.82) is 0 Å². The minimum atomic E-state index is -3.00. The van der Waals surface area contributed by atoms with Gasteiger partial charge < -0.3 is 10.2 Å². The Labute approximate surface area is 186 Å². The van der Waals surface area contributed by atoms with Crippen LogP contribution < -0.4 is 0 Å². The van der Waals surface area contributed by atoms with Gasteiger partial charge in [-0.3, -0.25) is 0 Å². The van der Waals surface area contributed by atoms with Crippen LogP contribution in [0.1, 0.15) is 106 Å². The molecular formula is C27H46O2. The molecule has 2 N–H and O–H groups in total. The van der Waals surface area contributed by atoms with E-state index >= 15 is 0 Å². The summed E-state index contributed by atoms with van der Waals surface area (Å²) < 4.78 is 42.5. The zero-order valence-corrected chi connectivity index (χ0v) is 19.2. The molecule has 0 amide bonds. The van der Waals surface area contributed by atoms with E-state index in [1.54, 1.807) is 0 Å². The molecule has 2 heteroatoms. The average molecular weight is 408 g/mol. The molecule has 3 saturated carbocycles. The molecule has 0 aliphatic heterocycles. The Morgan fingerprint density at radius 1 is 1.14 bits per heavy atom. The zero-order valence-electron chi connectivity index (χ0n) is 24.2. The van der Waals surface area contributed by atoms with Crippen LogP contribution in [-0.4, -0.2) is 22.4 Å². The molecule has 3 fully saturated rings. The molecule has 4 aliphatic rings. The lowest BCUT2D eigenvalue weighted by Crippen LogP contribution is -2.53. The smallest absolute Gasteiger partial charge is 0.101 e. The Bertz CT molecular complexity index is 837. The van der Waals surface area contributed by atoms with Gasteiger partial charge in [0.15, 0.2) is 0 Å². The van der Waals surface area contributed by atoms with Crippen molar-refractivity contribution in [3.8, 4) is 0 Å². The van der Waals surface area contributed by atoms with Gasteiger partial charge in [-0.2, -0.15) is 0 Å². The maximum absolute atomic E-state index is 11.0. The minimum absolute atomic E-state index is 0.0627. The normalized spacial score (nSPS) is 57.6. The average Bonchev–Trinajstić information content (AvgIpc) is 3.03. The minimum Gasteiger partial charge on any atom is -0.390 e. The molecule has 0 aromatic carbocycles. The number of allylic oxidation sites excluding steroid dienone is 1. The molecule has 29 heavy (non-hydrogen) atoms. The van der Waals surface area contributed by atoms with Gasteiger partial charge in [-0.05, 0) is 96.8 Å². The standard InChI is InChI=1S/C27H46O2/c1-17(2)7-6-8-18(3)20-11-12-21-19-9-10-23-25(29)24(28)14-16-27(23,5)22(19)13-15-26(20,21)4/h10,17-22,24-25,28-29H,6-9,11-16H2,1-5H3/t18-,19+,20-,21+,22+,24+,25-,26-,27-/m1/s1/i10D,14D2,24D,25D. The number of fused-ring (bicyclic) bond motifs is 5. The van der Waals surface area contributed by atoms with E-state index < -0.39 is 23.9 Å². The summed E-state index contributed by atoms with van der Waals surface area (Å²) in [5, 5.41) is 21.7. The van der Waals surface area contributed by atoms with Gasteiger partial charge in [-0.15, -0.1) is 0 Å². The molecule has 4 rings (SSSR count). The second-order valence-electron chi connectivity index (χ2n) is 11.6. The largest absolute Gasteiger partial charge is 0.390 e. The first-order valence-electron chi connectivity index (χ1n) is 14.7. The van der Waals surface area contributed by atoms with E-state index in [9.17, 15) is 10.2 Å². The maximum Gasteiger partial charge on any atom is 0.101 e. The third-order valence-electron chi connectivity index (χ3n) is 9.63. The second kappa shape index (κ2) is 7.97. The molecule has 0 spiro atoms. The highest BCUT2D eigenvalue weighted by Gasteiger charge is 2.60. The van der Waals surface area contributed by atoms with Crippen LogP contribution in [0.5, 0.6) is 0 Å². The second-order valence-corrected chi connectivity index (χ2v) is 11.6. The number of aliphatic hydroxyl groups is 2. The molecule has 0 saturated heterocycles. The highest BCUT2D eigenvalue weighted by molar-refractivity contribution is 5.29. The molecule has 166 valence electrons. The van der Waals surface area contributed by atoms with Crippen molar-refractivity contribution in [2.45, 2.75) is 111 Å². The summed E-state index contributed by atoms with van der Waals surface area (Å²) in [6, 6.07) is 0.153. The van der Waals surface area contributed by atoms with Crippen LogP contribution in [-0.2, 0) is 0 Å².